The Hall–Kier alpha value is -2.45. The number of benzene rings is 2. The number of hydrogen-bond donors (Lipinski definition) is 1. The number of aliphatic hydroxyl groups excluding tert-OH is 1. The molecule has 2 rings (SSSR count). The molecule has 0 aromatic heterocycles. The highest BCUT2D eigenvalue weighted by Gasteiger charge is 2.32. The third-order valence-corrected chi connectivity index (χ3v) is 4.17. The molecule has 126 valence electrons. The first-order valence-electron chi connectivity index (χ1n) is 6.85. The van der Waals surface area contributed by atoms with Crippen molar-refractivity contribution in [3.05, 3.63) is 64.2 Å². The quantitative estimate of drug-likeness (QED) is 0.488. The van der Waals surface area contributed by atoms with Crippen molar-refractivity contribution in [2.75, 3.05) is 7.11 Å². The third kappa shape index (κ3) is 4.09. The van der Waals surface area contributed by atoms with Crippen LogP contribution in [0, 0.1) is 10.1 Å². The van der Waals surface area contributed by atoms with Crippen molar-refractivity contribution in [2.45, 2.75) is 17.2 Å². The molecule has 0 aliphatic carbocycles. The average Bonchev–Trinajstić information content (AvgIpc) is 2.61. The van der Waals surface area contributed by atoms with Gasteiger partial charge in [-0.1, -0.05) is 12.1 Å². The summed E-state index contributed by atoms with van der Waals surface area (Å²) >= 11 is 0.609. The minimum absolute atomic E-state index is 0.237. The molecule has 0 fully saturated rings. The molecule has 2 aromatic rings. The van der Waals surface area contributed by atoms with E-state index in [4.69, 9.17) is 4.74 Å². The van der Waals surface area contributed by atoms with E-state index in [9.17, 15) is 24.4 Å². The first-order chi connectivity index (χ1) is 11.4. The predicted octanol–water partition coefficient (Wildman–Crippen LogP) is 3.29. The van der Waals surface area contributed by atoms with Crippen molar-refractivity contribution in [3.63, 3.8) is 0 Å². The second kappa shape index (κ2) is 7.89. The number of carbonyl (C=O) groups excluding carboxylic acids is 1. The van der Waals surface area contributed by atoms with Gasteiger partial charge in [0.05, 0.1) is 17.6 Å². The number of rotatable bonds is 6. The van der Waals surface area contributed by atoms with Gasteiger partial charge in [0, 0.05) is 11.0 Å². The van der Waals surface area contributed by atoms with Crippen molar-refractivity contribution in [1.82, 2.24) is 0 Å². The highest BCUT2D eigenvalue weighted by Crippen LogP contribution is 2.32. The number of aliphatic hydroxyl groups is 1. The fraction of sp³-hybridized carbons (Fsp3) is 0.188. The van der Waals surface area contributed by atoms with E-state index >= 15 is 0 Å². The van der Waals surface area contributed by atoms with E-state index in [1.165, 1.54) is 25.3 Å². The summed E-state index contributed by atoms with van der Waals surface area (Å²) in [5.41, 5.74) is -0.673. The fourth-order valence-electron chi connectivity index (χ4n) is 2.01. The van der Waals surface area contributed by atoms with Crippen LogP contribution in [0.25, 0.3) is 0 Å². The van der Waals surface area contributed by atoms with E-state index in [0.717, 1.165) is 6.07 Å². The van der Waals surface area contributed by atoms with Crippen LogP contribution in [-0.2, 0) is 4.79 Å². The van der Waals surface area contributed by atoms with E-state index in [-0.39, 0.29) is 5.56 Å². The number of para-hydroxylation sites is 1. The summed E-state index contributed by atoms with van der Waals surface area (Å²) in [6, 6.07) is 11.6. The lowest BCUT2D eigenvalue weighted by atomic mass is 10.0. The number of alkyl halides is 1. The summed E-state index contributed by atoms with van der Waals surface area (Å²) in [7, 11) is 1.49. The standard InChI is InChI=1S/C16H14FNO5S/c1-23-10-6-8-11(9-7-10)24-16(20)14(17)15(19)12-4-2-3-5-13(12)18(21)22/h2-9,14-15,19H,1H3/t14-,15-/m0/s1. The molecule has 0 bridgehead atoms. The van der Waals surface area contributed by atoms with Crippen molar-refractivity contribution < 1.29 is 24.0 Å². The number of ether oxygens (including phenoxy) is 1. The second-order valence-electron chi connectivity index (χ2n) is 4.76. The third-order valence-electron chi connectivity index (χ3n) is 3.23. The van der Waals surface area contributed by atoms with Crippen molar-refractivity contribution >= 4 is 22.6 Å². The number of nitrogens with zero attached hydrogens (tertiary/aromatic N) is 1. The number of thioether (sulfide) groups is 1. The SMILES string of the molecule is COc1ccc(SC(=O)[C@@H](F)[C@@H](O)c2ccccc2[N+](=O)[O-])cc1. The molecule has 2 aromatic carbocycles. The van der Waals surface area contributed by atoms with E-state index < -0.39 is 28.0 Å². The van der Waals surface area contributed by atoms with Gasteiger partial charge in [-0.3, -0.25) is 14.9 Å². The zero-order chi connectivity index (χ0) is 17.7. The van der Waals surface area contributed by atoms with Gasteiger partial charge < -0.3 is 9.84 Å². The topological polar surface area (TPSA) is 89.7 Å². The molecule has 1 N–H and O–H groups in total. The Morgan fingerprint density at radius 1 is 1.25 bits per heavy atom. The number of carbonyl (C=O) groups is 1. The molecule has 0 aliphatic rings. The van der Waals surface area contributed by atoms with Gasteiger partial charge in [0.1, 0.15) is 11.9 Å². The summed E-state index contributed by atoms with van der Waals surface area (Å²) in [6.45, 7) is 0. The van der Waals surface area contributed by atoms with Crippen LogP contribution in [0.5, 0.6) is 5.75 Å². The Morgan fingerprint density at radius 3 is 2.46 bits per heavy atom. The van der Waals surface area contributed by atoms with Crippen LogP contribution in [0.4, 0.5) is 10.1 Å². The van der Waals surface area contributed by atoms with Gasteiger partial charge in [0.2, 0.25) is 5.12 Å². The van der Waals surface area contributed by atoms with Crippen LogP contribution in [0.2, 0.25) is 0 Å². The number of nitro groups is 1. The maximum atomic E-state index is 14.3. The first kappa shape index (κ1) is 17.9. The molecule has 0 unspecified atom stereocenters. The predicted molar refractivity (Wildman–Crippen MR) is 86.8 cm³/mol. The highest BCUT2D eigenvalue weighted by atomic mass is 32.2. The summed E-state index contributed by atoms with van der Waals surface area (Å²) in [6.07, 6.45) is -4.21. The molecule has 0 aliphatic heterocycles. The van der Waals surface area contributed by atoms with Crippen LogP contribution in [0.3, 0.4) is 0 Å². The molecule has 0 radical (unpaired) electrons. The van der Waals surface area contributed by atoms with Crippen LogP contribution in [0.15, 0.2) is 53.4 Å². The fourth-order valence-corrected chi connectivity index (χ4v) is 2.75. The van der Waals surface area contributed by atoms with Gasteiger partial charge in [-0.2, -0.15) is 0 Å². The molecule has 0 saturated heterocycles. The number of nitro benzene ring substituents is 1. The molecule has 2 atom stereocenters. The summed E-state index contributed by atoms with van der Waals surface area (Å²) in [5.74, 6) is 0.587. The lowest BCUT2D eigenvalue weighted by molar-refractivity contribution is -0.386. The van der Waals surface area contributed by atoms with Gasteiger partial charge in [0.15, 0.2) is 6.17 Å². The highest BCUT2D eigenvalue weighted by molar-refractivity contribution is 8.13. The normalized spacial score (nSPS) is 13.1. The number of halogens is 1. The van der Waals surface area contributed by atoms with Gasteiger partial charge in [-0.15, -0.1) is 0 Å². The van der Waals surface area contributed by atoms with Gasteiger partial charge in [0.25, 0.3) is 5.69 Å². The lowest BCUT2D eigenvalue weighted by Gasteiger charge is -2.15. The van der Waals surface area contributed by atoms with Gasteiger partial charge >= 0.3 is 0 Å². The Morgan fingerprint density at radius 2 is 1.88 bits per heavy atom. The monoisotopic (exact) mass is 351 g/mol. The Balaban J connectivity index is 2.13. The summed E-state index contributed by atoms with van der Waals surface area (Å²) < 4.78 is 19.3. The number of methoxy groups -OCH3 is 1. The van der Waals surface area contributed by atoms with E-state index in [0.29, 0.717) is 22.4 Å². The molecule has 6 nitrogen and oxygen atoms in total. The van der Waals surface area contributed by atoms with Crippen LogP contribution in [-0.4, -0.2) is 28.4 Å². The molecular weight excluding hydrogens is 337 g/mol. The van der Waals surface area contributed by atoms with Crippen LogP contribution in [0.1, 0.15) is 11.7 Å². The minimum Gasteiger partial charge on any atom is -0.497 e. The van der Waals surface area contributed by atoms with E-state index in [1.54, 1.807) is 24.3 Å². The van der Waals surface area contributed by atoms with Gasteiger partial charge in [-0.05, 0) is 42.1 Å². The van der Waals surface area contributed by atoms with E-state index in [1.807, 2.05) is 0 Å². The molecule has 0 heterocycles. The Bertz CT molecular complexity index is 738. The maximum Gasteiger partial charge on any atom is 0.275 e. The Labute approximate surface area is 141 Å². The molecule has 0 amide bonds. The zero-order valence-electron chi connectivity index (χ0n) is 12.6. The molecular formula is C16H14FNO5S. The van der Waals surface area contributed by atoms with Gasteiger partial charge in [-0.25, -0.2) is 4.39 Å². The Kier molecular flexibility index (Phi) is 5.88. The van der Waals surface area contributed by atoms with Crippen LogP contribution >= 0.6 is 11.8 Å². The van der Waals surface area contributed by atoms with E-state index in [2.05, 4.69) is 0 Å². The molecule has 0 saturated carbocycles. The maximum absolute atomic E-state index is 14.3. The van der Waals surface area contributed by atoms with Crippen LogP contribution < -0.4 is 4.74 Å². The second-order valence-corrected chi connectivity index (χ2v) is 5.84. The van der Waals surface area contributed by atoms with Crippen molar-refractivity contribution in [2.24, 2.45) is 0 Å². The number of hydrogen-bond acceptors (Lipinski definition) is 6. The summed E-state index contributed by atoms with van der Waals surface area (Å²) in [4.78, 5) is 22.7. The lowest BCUT2D eigenvalue weighted by Crippen LogP contribution is -2.22. The summed E-state index contributed by atoms with van der Waals surface area (Å²) in [5, 5.41) is 20.0. The first-order valence-corrected chi connectivity index (χ1v) is 7.67. The molecule has 24 heavy (non-hydrogen) atoms. The average molecular weight is 351 g/mol. The molecule has 0 spiro atoms. The largest absolute Gasteiger partial charge is 0.497 e. The van der Waals surface area contributed by atoms with Crippen molar-refractivity contribution in [3.8, 4) is 5.75 Å². The zero-order valence-corrected chi connectivity index (χ0v) is 13.4. The minimum atomic E-state index is -2.29. The smallest absolute Gasteiger partial charge is 0.275 e. The molecule has 8 heteroatoms. The van der Waals surface area contributed by atoms with Crippen molar-refractivity contribution in [1.29, 1.82) is 0 Å².